The number of hydrogen-bond donors (Lipinski definition) is 2. The summed E-state index contributed by atoms with van der Waals surface area (Å²) in [6, 6.07) is 0. The summed E-state index contributed by atoms with van der Waals surface area (Å²) in [5.41, 5.74) is 1.79. The molecule has 0 amide bonds. The van der Waals surface area contributed by atoms with Gasteiger partial charge in [-0.2, -0.15) is 0 Å². The first-order valence-corrected chi connectivity index (χ1v) is 10.3. The van der Waals surface area contributed by atoms with E-state index in [1.165, 1.54) is 12.3 Å². The maximum absolute atomic E-state index is 13.3. The van der Waals surface area contributed by atoms with Crippen LogP contribution in [0.4, 0.5) is 0 Å². The molecule has 0 aromatic heterocycles. The van der Waals surface area contributed by atoms with Gasteiger partial charge in [0.25, 0.3) is 0 Å². The molecule has 0 aromatic rings. The molecule has 0 saturated heterocycles. The Morgan fingerprint density at radius 2 is 2.00 bits per heavy atom. The van der Waals surface area contributed by atoms with Gasteiger partial charge in [0.15, 0.2) is 17.6 Å². The molecule has 4 atom stereocenters. The van der Waals surface area contributed by atoms with Gasteiger partial charge in [0.2, 0.25) is 0 Å². The van der Waals surface area contributed by atoms with Gasteiger partial charge in [-0.3, -0.25) is 4.79 Å². The largest absolute Gasteiger partial charge is 0.504 e. The number of aliphatic hydroxyl groups is 2. The number of fused-ring (bicyclic) bond motifs is 3. The van der Waals surface area contributed by atoms with Crippen molar-refractivity contribution in [2.75, 3.05) is 0 Å². The Labute approximate surface area is 171 Å². The molecule has 0 bridgehead atoms. The van der Waals surface area contributed by atoms with E-state index in [-0.39, 0.29) is 17.1 Å². The van der Waals surface area contributed by atoms with E-state index >= 15 is 0 Å². The van der Waals surface area contributed by atoms with Gasteiger partial charge >= 0.3 is 5.97 Å². The molecule has 3 rings (SSSR count). The Morgan fingerprint density at radius 1 is 1.31 bits per heavy atom. The summed E-state index contributed by atoms with van der Waals surface area (Å²) in [7, 11) is 0. The summed E-state index contributed by atoms with van der Waals surface area (Å²) in [5.74, 6) is -1.85. The van der Waals surface area contributed by atoms with Crippen LogP contribution in [0.3, 0.4) is 0 Å². The van der Waals surface area contributed by atoms with Crippen molar-refractivity contribution < 1.29 is 29.3 Å². The van der Waals surface area contributed by atoms with Crippen LogP contribution in [0.15, 0.2) is 46.5 Å². The minimum atomic E-state index is -0.833. The second kappa shape index (κ2) is 7.82. The van der Waals surface area contributed by atoms with Crippen molar-refractivity contribution in [2.45, 2.75) is 72.2 Å². The normalized spacial score (nSPS) is 27.4. The molecule has 2 aliphatic heterocycles. The molecule has 158 valence electrons. The molecule has 4 unspecified atom stereocenters. The first-order chi connectivity index (χ1) is 13.6. The lowest BCUT2D eigenvalue weighted by Gasteiger charge is -2.45. The van der Waals surface area contributed by atoms with E-state index in [1.54, 1.807) is 13.8 Å². The summed E-state index contributed by atoms with van der Waals surface area (Å²) >= 11 is 0. The summed E-state index contributed by atoms with van der Waals surface area (Å²) in [5, 5.41) is 20.8. The van der Waals surface area contributed by atoms with Gasteiger partial charge in [0.1, 0.15) is 12.4 Å². The Bertz CT molecular complexity index is 841. The molecule has 2 N–H and O–H groups in total. The van der Waals surface area contributed by atoms with Gasteiger partial charge in [-0.05, 0) is 24.0 Å². The Balaban J connectivity index is 2.21. The maximum atomic E-state index is 13.3. The van der Waals surface area contributed by atoms with Gasteiger partial charge < -0.3 is 19.7 Å². The fourth-order valence-corrected chi connectivity index (χ4v) is 4.38. The zero-order valence-corrected chi connectivity index (χ0v) is 17.7. The number of ketones is 1. The van der Waals surface area contributed by atoms with Crippen LogP contribution in [-0.2, 0) is 19.1 Å². The zero-order chi connectivity index (χ0) is 21.5. The average molecular weight is 402 g/mol. The zero-order valence-electron chi connectivity index (χ0n) is 17.7. The number of aliphatic hydroxyl groups excluding tert-OH is 2. The first kappa shape index (κ1) is 21.4. The lowest BCUT2D eigenvalue weighted by molar-refractivity contribution is -0.142. The number of hydrogen-bond acceptors (Lipinski definition) is 6. The van der Waals surface area contributed by atoms with Crippen molar-refractivity contribution in [1.29, 1.82) is 0 Å². The topological polar surface area (TPSA) is 93.1 Å². The predicted octanol–water partition coefficient (Wildman–Crippen LogP) is 3.68. The van der Waals surface area contributed by atoms with Crippen molar-refractivity contribution >= 4 is 11.8 Å². The summed E-state index contributed by atoms with van der Waals surface area (Å²) in [6.07, 6.45) is 4.54. The van der Waals surface area contributed by atoms with Gasteiger partial charge in [-0.1, -0.05) is 47.1 Å². The third kappa shape index (κ3) is 3.66. The van der Waals surface area contributed by atoms with Crippen LogP contribution >= 0.6 is 0 Å². The van der Waals surface area contributed by atoms with E-state index < -0.39 is 35.6 Å². The van der Waals surface area contributed by atoms with Gasteiger partial charge in [-0.25, -0.2) is 4.79 Å². The molecule has 29 heavy (non-hydrogen) atoms. The van der Waals surface area contributed by atoms with Crippen LogP contribution in [0.1, 0.15) is 53.9 Å². The molecule has 1 aliphatic carbocycles. The fraction of sp³-hybridized carbons (Fsp3) is 0.565. The van der Waals surface area contributed by atoms with Crippen molar-refractivity contribution in [3.8, 4) is 0 Å². The SMILES string of the molecule is CCCC1=CC(=O)OC2C1=CC(C)(C)C1OC=C(O)C(C(=O)C(C)C(O)CC)=C21. The maximum Gasteiger partial charge on any atom is 0.331 e. The van der Waals surface area contributed by atoms with Gasteiger partial charge in [-0.15, -0.1) is 0 Å². The van der Waals surface area contributed by atoms with Crippen LogP contribution in [0, 0.1) is 11.3 Å². The van der Waals surface area contributed by atoms with Crippen LogP contribution < -0.4 is 0 Å². The number of esters is 1. The molecule has 6 nitrogen and oxygen atoms in total. The number of carbonyl (C=O) groups excluding carboxylic acids is 2. The molecular weight excluding hydrogens is 372 g/mol. The number of Topliss-reactive ketones (excluding diaryl/α,β-unsaturated/α-hetero) is 1. The Hall–Kier alpha value is -2.34. The van der Waals surface area contributed by atoms with Crippen molar-refractivity contribution in [3.05, 3.63) is 46.5 Å². The Kier molecular flexibility index (Phi) is 5.77. The number of rotatable bonds is 6. The lowest BCUT2D eigenvalue weighted by atomic mass is 9.67. The third-order valence-electron chi connectivity index (χ3n) is 5.98. The standard InChI is InChI=1S/C23H30O6/c1-6-8-13-9-17(26)29-21-14(13)10-23(4,5)22-19(21)18(16(25)11-28-22)20(27)12(3)15(24)7-2/h9-12,15,21-22,24-25H,6-8H2,1-5H3. The lowest BCUT2D eigenvalue weighted by Crippen LogP contribution is -2.47. The summed E-state index contributed by atoms with van der Waals surface area (Å²) < 4.78 is 11.4. The second-order valence-corrected chi connectivity index (χ2v) is 8.64. The highest BCUT2D eigenvalue weighted by molar-refractivity contribution is 6.02. The number of allylic oxidation sites excluding steroid dienone is 1. The van der Waals surface area contributed by atoms with E-state index in [0.717, 1.165) is 17.6 Å². The average Bonchev–Trinajstić information content (AvgIpc) is 2.67. The predicted molar refractivity (Wildman–Crippen MR) is 108 cm³/mol. The first-order valence-electron chi connectivity index (χ1n) is 10.3. The molecule has 0 fully saturated rings. The van der Waals surface area contributed by atoms with Crippen LogP contribution in [-0.4, -0.2) is 40.3 Å². The minimum absolute atomic E-state index is 0.0930. The molecule has 0 aromatic carbocycles. The third-order valence-corrected chi connectivity index (χ3v) is 5.98. The summed E-state index contributed by atoms with van der Waals surface area (Å²) in [4.78, 5) is 25.6. The van der Waals surface area contributed by atoms with Crippen LogP contribution in [0.2, 0.25) is 0 Å². The van der Waals surface area contributed by atoms with Crippen molar-refractivity contribution in [3.63, 3.8) is 0 Å². The van der Waals surface area contributed by atoms with Crippen molar-refractivity contribution in [1.82, 2.24) is 0 Å². The molecule has 3 aliphatic rings. The highest BCUT2D eigenvalue weighted by Gasteiger charge is 2.50. The minimum Gasteiger partial charge on any atom is -0.504 e. The number of ether oxygens (including phenoxy) is 2. The van der Waals surface area contributed by atoms with E-state index in [2.05, 4.69) is 0 Å². The van der Waals surface area contributed by atoms with Gasteiger partial charge in [0.05, 0.1) is 11.7 Å². The molecule has 0 spiro atoms. The van der Waals surface area contributed by atoms with E-state index in [9.17, 15) is 19.8 Å². The van der Waals surface area contributed by atoms with Gasteiger partial charge in [0, 0.05) is 23.0 Å². The van der Waals surface area contributed by atoms with Crippen molar-refractivity contribution in [2.24, 2.45) is 11.3 Å². The Morgan fingerprint density at radius 3 is 2.62 bits per heavy atom. The molecule has 2 heterocycles. The highest BCUT2D eigenvalue weighted by Crippen LogP contribution is 2.48. The monoisotopic (exact) mass is 402 g/mol. The molecule has 6 heteroatoms. The van der Waals surface area contributed by atoms with E-state index in [4.69, 9.17) is 9.47 Å². The quantitative estimate of drug-likeness (QED) is 0.659. The summed E-state index contributed by atoms with van der Waals surface area (Å²) in [6.45, 7) is 9.45. The van der Waals surface area contributed by atoms with E-state index in [0.29, 0.717) is 18.4 Å². The van der Waals surface area contributed by atoms with Crippen LogP contribution in [0.25, 0.3) is 0 Å². The van der Waals surface area contributed by atoms with Crippen LogP contribution in [0.5, 0.6) is 0 Å². The van der Waals surface area contributed by atoms with E-state index in [1.807, 2.05) is 26.8 Å². The number of carbonyl (C=O) groups is 2. The highest BCUT2D eigenvalue weighted by atomic mass is 16.5. The molecule has 0 saturated carbocycles. The smallest absolute Gasteiger partial charge is 0.331 e. The molecule has 0 radical (unpaired) electrons. The fourth-order valence-electron chi connectivity index (χ4n) is 4.38. The second-order valence-electron chi connectivity index (χ2n) is 8.64. The molecular formula is C23H30O6.